The SMILES string of the molecule is CCNC(CCC1CCCCO1)c1ccc(CC)o1. The quantitative estimate of drug-likeness (QED) is 0.813. The molecular weight excluding hydrogens is 238 g/mol. The Morgan fingerprint density at radius 1 is 1.32 bits per heavy atom. The van der Waals surface area contributed by atoms with Gasteiger partial charge in [0.2, 0.25) is 0 Å². The second-order valence-electron chi connectivity index (χ2n) is 5.33. The van der Waals surface area contributed by atoms with Crippen molar-refractivity contribution in [3.05, 3.63) is 23.7 Å². The van der Waals surface area contributed by atoms with Crippen molar-refractivity contribution in [2.45, 2.75) is 64.5 Å². The summed E-state index contributed by atoms with van der Waals surface area (Å²) in [6.45, 7) is 6.18. The van der Waals surface area contributed by atoms with E-state index < -0.39 is 0 Å². The van der Waals surface area contributed by atoms with Gasteiger partial charge in [0.1, 0.15) is 11.5 Å². The molecule has 2 heterocycles. The molecule has 2 unspecified atom stereocenters. The molecule has 3 nitrogen and oxygen atoms in total. The lowest BCUT2D eigenvalue weighted by atomic mass is 10.0. The lowest BCUT2D eigenvalue weighted by molar-refractivity contribution is 0.00822. The minimum atomic E-state index is 0.329. The fraction of sp³-hybridized carbons (Fsp3) is 0.750. The molecule has 0 spiro atoms. The van der Waals surface area contributed by atoms with Gasteiger partial charge in [-0.3, -0.25) is 0 Å². The van der Waals surface area contributed by atoms with Crippen LogP contribution in [-0.2, 0) is 11.2 Å². The summed E-state index contributed by atoms with van der Waals surface area (Å²) < 4.78 is 11.7. The van der Waals surface area contributed by atoms with Crippen molar-refractivity contribution in [2.24, 2.45) is 0 Å². The van der Waals surface area contributed by atoms with Crippen molar-refractivity contribution in [1.82, 2.24) is 5.32 Å². The average Bonchev–Trinajstić information content (AvgIpc) is 2.93. The predicted octanol–water partition coefficient (Wildman–Crippen LogP) is 3.84. The molecule has 1 aromatic rings. The van der Waals surface area contributed by atoms with Gasteiger partial charge in [0.15, 0.2) is 0 Å². The van der Waals surface area contributed by atoms with Crippen LogP contribution in [0.1, 0.15) is 63.5 Å². The van der Waals surface area contributed by atoms with E-state index in [0.29, 0.717) is 12.1 Å². The predicted molar refractivity (Wildman–Crippen MR) is 77.3 cm³/mol. The molecule has 0 bridgehead atoms. The average molecular weight is 265 g/mol. The van der Waals surface area contributed by atoms with Crippen molar-refractivity contribution >= 4 is 0 Å². The third kappa shape index (κ3) is 4.36. The molecule has 0 aliphatic carbocycles. The van der Waals surface area contributed by atoms with Crippen molar-refractivity contribution in [3.63, 3.8) is 0 Å². The zero-order valence-corrected chi connectivity index (χ0v) is 12.3. The van der Waals surface area contributed by atoms with Crippen LogP contribution in [0.5, 0.6) is 0 Å². The first-order valence-electron chi connectivity index (χ1n) is 7.77. The molecule has 1 saturated heterocycles. The lowest BCUT2D eigenvalue weighted by Crippen LogP contribution is -2.24. The number of ether oxygens (including phenoxy) is 1. The Balaban J connectivity index is 1.87. The summed E-state index contributed by atoms with van der Waals surface area (Å²) in [5.41, 5.74) is 0. The Labute approximate surface area is 116 Å². The second kappa shape index (κ2) is 7.71. The molecule has 1 aliphatic heterocycles. The van der Waals surface area contributed by atoms with Gasteiger partial charge >= 0.3 is 0 Å². The van der Waals surface area contributed by atoms with Gasteiger partial charge in [0, 0.05) is 13.0 Å². The molecule has 1 aromatic heterocycles. The van der Waals surface area contributed by atoms with E-state index in [1.807, 2.05) is 0 Å². The van der Waals surface area contributed by atoms with E-state index in [9.17, 15) is 0 Å². The monoisotopic (exact) mass is 265 g/mol. The number of hydrogen-bond acceptors (Lipinski definition) is 3. The molecule has 19 heavy (non-hydrogen) atoms. The van der Waals surface area contributed by atoms with Crippen molar-refractivity contribution in [2.75, 3.05) is 13.2 Å². The first-order valence-corrected chi connectivity index (χ1v) is 7.77. The summed E-state index contributed by atoms with van der Waals surface area (Å²) >= 11 is 0. The highest BCUT2D eigenvalue weighted by molar-refractivity contribution is 5.10. The van der Waals surface area contributed by atoms with E-state index in [-0.39, 0.29) is 0 Å². The molecule has 1 N–H and O–H groups in total. The molecule has 0 saturated carbocycles. The van der Waals surface area contributed by atoms with Gasteiger partial charge in [-0.05, 0) is 50.8 Å². The number of nitrogens with one attached hydrogen (secondary N) is 1. The van der Waals surface area contributed by atoms with E-state index in [0.717, 1.165) is 43.9 Å². The molecule has 1 aliphatic rings. The Kier molecular flexibility index (Phi) is 5.93. The normalized spacial score (nSPS) is 21.5. The van der Waals surface area contributed by atoms with Crippen LogP contribution in [0.15, 0.2) is 16.5 Å². The summed E-state index contributed by atoms with van der Waals surface area (Å²) in [6.07, 6.45) is 7.40. The second-order valence-corrected chi connectivity index (χ2v) is 5.33. The van der Waals surface area contributed by atoms with Crippen molar-refractivity contribution in [1.29, 1.82) is 0 Å². The fourth-order valence-electron chi connectivity index (χ4n) is 2.75. The number of furan rings is 1. The molecule has 108 valence electrons. The number of rotatable bonds is 7. The molecule has 0 radical (unpaired) electrons. The van der Waals surface area contributed by atoms with Crippen LogP contribution >= 0.6 is 0 Å². The van der Waals surface area contributed by atoms with Crippen LogP contribution in [0.25, 0.3) is 0 Å². The summed E-state index contributed by atoms with van der Waals surface area (Å²) in [7, 11) is 0. The fourth-order valence-corrected chi connectivity index (χ4v) is 2.75. The third-order valence-electron chi connectivity index (χ3n) is 3.88. The van der Waals surface area contributed by atoms with E-state index in [1.165, 1.54) is 19.3 Å². The minimum Gasteiger partial charge on any atom is -0.464 e. The zero-order valence-electron chi connectivity index (χ0n) is 12.3. The maximum Gasteiger partial charge on any atom is 0.121 e. The molecule has 0 aromatic carbocycles. The maximum absolute atomic E-state index is 5.88. The standard InChI is InChI=1S/C16H27NO2/c1-3-13-9-11-16(19-13)15(17-4-2)10-8-14-7-5-6-12-18-14/h9,11,14-15,17H,3-8,10,12H2,1-2H3. The summed E-state index contributed by atoms with van der Waals surface area (Å²) in [5, 5.41) is 3.53. The van der Waals surface area contributed by atoms with Crippen LogP contribution in [0.2, 0.25) is 0 Å². The molecule has 2 rings (SSSR count). The Bertz CT molecular complexity index is 355. The Hall–Kier alpha value is -0.800. The molecule has 3 heteroatoms. The van der Waals surface area contributed by atoms with Gasteiger partial charge in [0.25, 0.3) is 0 Å². The van der Waals surface area contributed by atoms with Gasteiger partial charge in [-0.2, -0.15) is 0 Å². The summed E-state index contributed by atoms with van der Waals surface area (Å²) in [6, 6.07) is 4.54. The van der Waals surface area contributed by atoms with Crippen LogP contribution in [0.3, 0.4) is 0 Å². The van der Waals surface area contributed by atoms with Gasteiger partial charge in [-0.25, -0.2) is 0 Å². The molecular formula is C16H27NO2. The van der Waals surface area contributed by atoms with Crippen LogP contribution in [-0.4, -0.2) is 19.3 Å². The third-order valence-corrected chi connectivity index (χ3v) is 3.88. The van der Waals surface area contributed by atoms with Crippen LogP contribution in [0.4, 0.5) is 0 Å². The lowest BCUT2D eigenvalue weighted by Gasteiger charge is -2.24. The minimum absolute atomic E-state index is 0.329. The van der Waals surface area contributed by atoms with E-state index in [4.69, 9.17) is 9.15 Å². The van der Waals surface area contributed by atoms with E-state index >= 15 is 0 Å². The van der Waals surface area contributed by atoms with Crippen molar-refractivity contribution in [3.8, 4) is 0 Å². The first-order chi connectivity index (χ1) is 9.33. The highest BCUT2D eigenvalue weighted by atomic mass is 16.5. The Morgan fingerprint density at radius 3 is 2.84 bits per heavy atom. The Morgan fingerprint density at radius 2 is 2.21 bits per heavy atom. The van der Waals surface area contributed by atoms with Gasteiger partial charge < -0.3 is 14.5 Å². The number of hydrogen-bond donors (Lipinski definition) is 1. The van der Waals surface area contributed by atoms with Crippen LogP contribution < -0.4 is 5.32 Å². The highest BCUT2D eigenvalue weighted by Gasteiger charge is 2.19. The zero-order chi connectivity index (χ0) is 13.5. The van der Waals surface area contributed by atoms with E-state index in [1.54, 1.807) is 0 Å². The van der Waals surface area contributed by atoms with Crippen LogP contribution in [0, 0.1) is 0 Å². The first kappa shape index (κ1) is 14.6. The molecule has 0 amide bonds. The number of aryl methyl sites for hydroxylation is 1. The van der Waals surface area contributed by atoms with Gasteiger partial charge in [0.05, 0.1) is 12.1 Å². The highest BCUT2D eigenvalue weighted by Crippen LogP contribution is 2.25. The summed E-state index contributed by atoms with van der Waals surface area (Å²) in [5.74, 6) is 2.15. The molecule has 1 fully saturated rings. The molecule has 2 atom stereocenters. The summed E-state index contributed by atoms with van der Waals surface area (Å²) in [4.78, 5) is 0. The van der Waals surface area contributed by atoms with Crippen molar-refractivity contribution < 1.29 is 9.15 Å². The maximum atomic E-state index is 5.88. The van der Waals surface area contributed by atoms with Gasteiger partial charge in [-0.1, -0.05) is 13.8 Å². The van der Waals surface area contributed by atoms with Gasteiger partial charge in [-0.15, -0.1) is 0 Å². The topological polar surface area (TPSA) is 34.4 Å². The van der Waals surface area contributed by atoms with E-state index in [2.05, 4.69) is 31.3 Å². The smallest absolute Gasteiger partial charge is 0.121 e. The largest absolute Gasteiger partial charge is 0.464 e.